The van der Waals surface area contributed by atoms with E-state index in [1.165, 1.54) is 0 Å². The summed E-state index contributed by atoms with van der Waals surface area (Å²) in [6.45, 7) is 4.88. The van der Waals surface area contributed by atoms with E-state index in [4.69, 9.17) is 0 Å². The quantitative estimate of drug-likeness (QED) is 0.486. The minimum Gasteiger partial charge on any atom is -0.387 e. The number of carbonyl (C=O) groups excluding carboxylic acids is 1. The average molecular weight is 393 g/mol. The topological polar surface area (TPSA) is 92.1 Å². The van der Waals surface area contributed by atoms with Crippen LogP contribution >= 0.6 is 0 Å². The Balaban J connectivity index is 1.45. The van der Waals surface area contributed by atoms with Crippen LogP contribution in [-0.4, -0.2) is 38.9 Å². The highest BCUT2D eigenvalue weighted by atomic mass is 16.3. The number of anilines is 1. The first kappa shape index (κ1) is 20.7. The molecule has 0 aliphatic heterocycles. The monoisotopic (exact) mass is 393 g/mol. The summed E-state index contributed by atoms with van der Waals surface area (Å²) in [4.78, 5) is 16.6. The number of nitrogens with zero attached hydrogens (tertiary/aromatic N) is 3. The van der Waals surface area contributed by atoms with E-state index in [1.807, 2.05) is 50.2 Å². The molecule has 3 aromatic rings. The molecule has 0 saturated heterocycles. The predicted octanol–water partition coefficient (Wildman–Crippen LogP) is 2.52. The van der Waals surface area contributed by atoms with Gasteiger partial charge in [-0.25, -0.2) is 0 Å². The van der Waals surface area contributed by atoms with Crippen LogP contribution in [0.15, 0.2) is 67.3 Å². The summed E-state index contributed by atoms with van der Waals surface area (Å²) in [7, 11) is 0. The van der Waals surface area contributed by atoms with Crippen molar-refractivity contribution in [3.8, 4) is 0 Å². The molecular formula is C22H27N5O2. The van der Waals surface area contributed by atoms with Crippen LogP contribution < -0.4 is 10.6 Å². The van der Waals surface area contributed by atoms with Gasteiger partial charge < -0.3 is 15.7 Å². The smallest absolute Gasteiger partial charge is 0.251 e. The van der Waals surface area contributed by atoms with Gasteiger partial charge in [0, 0.05) is 42.6 Å². The lowest BCUT2D eigenvalue weighted by Gasteiger charge is -2.24. The molecule has 1 aromatic carbocycles. The van der Waals surface area contributed by atoms with Crippen LogP contribution in [0.25, 0.3) is 0 Å². The number of rotatable bonds is 9. The zero-order chi connectivity index (χ0) is 20.7. The molecule has 0 spiro atoms. The van der Waals surface area contributed by atoms with Gasteiger partial charge in [-0.3, -0.25) is 14.5 Å². The maximum absolute atomic E-state index is 12.6. The Morgan fingerprint density at radius 1 is 1.17 bits per heavy atom. The van der Waals surface area contributed by atoms with Gasteiger partial charge in [0.15, 0.2) is 0 Å². The third-order valence-corrected chi connectivity index (χ3v) is 4.84. The van der Waals surface area contributed by atoms with Crippen molar-refractivity contribution < 1.29 is 9.90 Å². The van der Waals surface area contributed by atoms with Gasteiger partial charge in [-0.05, 0) is 56.6 Å². The number of carbonyl (C=O) groups is 1. The molecule has 7 nitrogen and oxygen atoms in total. The number of aromatic nitrogens is 3. The number of benzene rings is 1. The van der Waals surface area contributed by atoms with Crippen molar-refractivity contribution in [3.05, 3.63) is 78.4 Å². The highest BCUT2D eigenvalue weighted by molar-refractivity contribution is 5.96. The lowest BCUT2D eigenvalue weighted by atomic mass is 10.0. The maximum atomic E-state index is 12.6. The largest absolute Gasteiger partial charge is 0.387 e. The molecule has 0 fully saturated rings. The number of aliphatic hydroxyl groups excluding tert-OH is 1. The van der Waals surface area contributed by atoms with Gasteiger partial charge in [-0.15, -0.1) is 0 Å². The Kier molecular flexibility index (Phi) is 6.74. The van der Waals surface area contributed by atoms with E-state index in [2.05, 4.69) is 20.7 Å². The van der Waals surface area contributed by atoms with Gasteiger partial charge >= 0.3 is 0 Å². The first-order valence-corrected chi connectivity index (χ1v) is 9.66. The van der Waals surface area contributed by atoms with E-state index >= 15 is 0 Å². The predicted molar refractivity (Wildman–Crippen MR) is 112 cm³/mol. The van der Waals surface area contributed by atoms with Crippen molar-refractivity contribution in [2.75, 3.05) is 18.4 Å². The van der Waals surface area contributed by atoms with Crippen molar-refractivity contribution in [2.45, 2.75) is 31.9 Å². The maximum Gasteiger partial charge on any atom is 0.251 e. The number of hydrogen-bond donors (Lipinski definition) is 3. The normalized spacial score (nSPS) is 12.5. The van der Waals surface area contributed by atoms with Crippen molar-refractivity contribution in [1.82, 2.24) is 20.1 Å². The van der Waals surface area contributed by atoms with Crippen molar-refractivity contribution >= 4 is 11.6 Å². The first-order chi connectivity index (χ1) is 14.0. The van der Waals surface area contributed by atoms with E-state index in [-0.39, 0.29) is 5.91 Å². The summed E-state index contributed by atoms with van der Waals surface area (Å²) in [6, 6.07) is 13.3. The molecule has 0 bridgehead atoms. The minimum absolute atomic E-state index is 0.125. The molecule has 1 amide bonds. The van der Waals surface area contributed by atoms with Crippen LogP contribution in [0.5, 0.6) is 0 Å². The molecule has 0 saturated carbocycles. The van der Waals surface area contributed by atoms with E-state index < -0.39 is 11.6 Å². The second kappa shape index (κ2) is 9.45. The van der Waals surface area contributed by atoms with Crippen LogP contribution in [0, 0.1) is 0 Å². The summed E-state index contributed by atoms with van der Waals surface area (Å²) in [6.07, 6.45) is 7.06. The SMILES string of the molecule is CC(C)(C(=O)Nc1ccc(CCNC[C@H](O)c2cccnc2)cc1)n1cccn1. The van der Waals surface area contributed by atoms with Gasteiger partial charge in [0.05, 0.1) is 6.10 Å². The van der Waals surface area contributed by atoms with Crippen molar-refractivity contribution in [2.24, 2.45) is 0 Å². The Morgan fingerprint density at radius 3 is 2.62 bits per heavy atom. The van der Waals surface area contributed by atoms with Crippen molar-refractivity contribution in [1.29, 1.82) is 0 Å². The molecule has 0 aliphatic carbocycles. The number of nitrogens with one attached hydrogen (secondary N) is 2. The standard InChI is InChI=1S/C22H27N5O2/c1-22(2,27-14-4-12-25-27)21(29)26-19-8-6-17(7-9-19)10-13-24-16-20(28)18-5-3-11-23-15-18/h3-9,11-12,14-15,20,24,28H,10,13,16H2,1-2H3,(H,26,29)/t20-/m0/s1. The Morgan fingerprint density at radius 2 is 1.97 bits per heavy atom. The van der Waals surface area contributed by atoms with Gasteiger partial charge in [-0.2, -0.15) is 5.10 Å². The first-order valence-electron chi connectivity index (χ1n) is 9.66. The van der Waals surface area contributed by atoms with E-state index in [0.29, 0.717) is 6.54 Å². The Labute approximate surface area is 170 Å². The zero-order valence-corrected chi connectivity index (χ0v) is 16.7. The molecule has 2 heterocycles. The summed E-state index contributed by atoms with van der Waals surface area (Å²) in [5.41, 5.74) is 1.93. The number of amides is 1. The second-order valence-electron chi connectivity index (χ2n) is 7.42. The van der Waals surface area contributed by atoms with E-state index in [1.54, 1.807) is 35.5 Å². The fourth-order valence-corrected chi connectivity index (χ4v) is 2.90. The lowest BCUT2D eigenvalue weighted by molar-refractivity contribution is -0.123. The Bertz CT molecular complexity index is 893. The molecule has 0 radical (unpaired) electrons. The number of pyridine rings is 1. The molecule has 7 heteroatoms. The van der Waals surface area contributed by atoms with Gasteiger partial charge in [0.2, 0.25) is 0 Å². The molecule has 29 heavy (non-hydrogen) atoms. The third-order valence-electron chi connectivity index (χ3n) is 4.84. The third kappa shape index (κ3) is 5.49. The molecular weight excluding hydrogens is 366 g/mol. The molecule has 3 N–H and O–H groups in total. The number of hydrogen-bond acceptors (Lipinski definition) is 5. The number of aliphatic hydroxyl groups is 1. The summed E-state index contributed by atoms with van der Waals surface area (Å²) < 4.78 is 1.64. The fraction of sp³-hybridized carbons (Fsp3) is 0.318. The van der Waals surface area contributed by atoms with Gasteiger partial charge in [0.25, 0.3) is 5.91 Å². The van der Waals surface area contributed by atoms with Crippen LogP contribution in [0.2, 0.25) is 0 Å². The van der Waals surface area contributed by atoms with Crippen LogP contribution in [0.1, 0.15) is 31.1 Å². The lowest BCUT2D eigenvalue weighted by Crippen LogP contribution is -2.40. The summed E-state index contributed by atoms with van der Waals surface area (Å²) >= 11 is 0. The second-order valence-corrected chi connectivity index (χ2v) is 7.42. The molecule has 2 aromatic heterocycles. The highest BCUT2D eigenvalue weighted by Crippen LogP contribution is 2.18. The molecule has 0 unspecified atom stereocenters. The average Bonchev–Trinajstić information content (AvgIpc) is 3.28. The van der Waals surface area contributed by atoms with E-state index in [0.717, 1.165) is 29.8 Å². The van der Waals surface area contributed by atoms with Gasteiger partial charge in [0.1, 0.15) is 5.54 Å². The molecule has 152 valence electrons. The molecule has 0 aliphatic rings. The highest BCUT2D eigenvalue weighted by Gasteiger charge is 2.30. The zero-order valence-electron chi connectivity index (χ0n) is 16.7. The molecule has 1 atom stereocenters. The van der Waals surface area contributed by atoms with Crippen LogP contribution in [0.3, 0.4) is 0 Å². The van der Waals surface area contributed by atoms with E-state index in [9.17, 15) is 9.90 Å². The fourth-order valence-electron chi connectivity index (χ4n) is 2.90. The summed E-state index contributed by atoms with van der Waals surface area (Å²) in [5.74, 6) is -0.125. The molecule has 3 rings (SSSR count). The van der Waals surface area contributed by atoms with Crippen LogP contribution in [0.4, 0.5) is 5.69 Å². The van der Waals surface area contributed by atoms with Gasteiger partial charge in [-0.1, -0.05) is 18.2 Å². The Hall–Kier alpha value is -3.03. The minimum atomic E-state index is -0.777. The summed E-state index contributed by atoms with van der Waals surface area (Å²) in [5, 5.41) is 20.5. The van der Waals surface area contributed by atoms with Crippen LogP contribution in [-0.2, 0) is 16.8 Å². The van der Waals surface area contributed by atoms with Crippen molar-refractivity contribution in [3.63, 3.8) is 0 Å².